The summed E-state index contributed by atoms with van der Waals surface area (Å²) in [4.78, 5) is 12.0. The summed E-state index contributed by atoms with van der Waals surface area (Å²) in [5, 5.41) is 4.23. The molecule has 0 saturated carbocycles. The second-order valence-corrected chi connectivity index (χ2v) is 8.49. The Morgan fingerprint density at radius 3 is 2.62 bits per heavy atom. The van der Waals surface area contributed by atoms with E-state index in [9.17, 15) is 13.2 Å². The maximum atomic E-state index is 13.3. The number of sulfonamides is 1. The molecule has 2 aromatic rings. The van der Waals surface area contributed by atoms with Crippen LogP contribution in [0.5, 0.6) is 0 Å². The van der Waals surface area contributed by atoms with E-state index >= 15 is 0 Å². The minimum Gasteiger partial charge on any atom is -0.273 e. The number of hydrazone groups is 1. The summed E-state index contributed by atoms with van der Waals surface area (Å²) in [6, 6.07) is 14.2. The molecule has 2 aliphatic rings. The zero-order valence-electron chi connectivity index (χ0n) is 14.3. The Bertz CT molecular complexity index is 997. The Hall–Kier alpha value is -2.67. The van der Waals surface area contributed by atoms with E-state index in [1.165, 1.54) is 4.31 Å². The van der Waals surface area contributed by atoms with Gasteiger partial charge in [-0.05, 0) is 31.5 Å². The molecular weight excluding hydrogens is 350 g/mol. The number of nitrogens with zero attached hydrogens (tertiary/aromatic N) is 2. The van der Waals surface area contributed by atoms with E-state index in [2.05, 4.69) is 10.5 Å². The molecule has 0 saturated heterocycles. The molecule has 2 aliphatic heterocycles. The summed E-state index contributed by atoms with van der Waals surface area (Å²) in [6.07, 6.45) is 0.873. The Morgan fingerprint density at radius 1 is 1.12 bits per heavy atom. The van der Waals surface area contributed by atoms with Gasteiger partial charge in [0.15, 0.2) is 0 Å². The van der Waals surface area contributed by atoms with Crippen molar-refractivity contribution in [3.05, 3.63) is 59.7 Å². The fraction of sp³-hybridized carbons (Fsp3) is 0.263. The first kappa shape index (κ1) is 16.8. The van der Waals surface area contributed by atoms with Gasteiger partial charge in [0.1, 0.15) is 0 Å². The Kier molecular flexibility index (Phi) is 4.03. The lowest BCUT2D eigenvalue weighted by Gasteiger charge is -2.24. The number of carbonyl (C=O) groups is 1. The number of carbonyl (C=O) groups excluding carboxylic acids is 1. The van der Waals surface area contributed by atoms with E-state index < -0.39 is 10.0 Å². The lowest BCUT2D eigenvalue weighted by Crippen LogP contribution is -2.34. The number of hydrogen-bond donors (Lipinski definition) is 1. The summed E-state index contributed by atoms with van der Waals surface area (Å²) in [6.45, 7) is 2.23. The second kappa shape index (κ2) is 6.25. The minimum atomic E-state index is -3.70. The minimum absolute atomic E-state index is 0.0804. The van der Waals surface area contributed by atoms with Gasteiger partial charge in [-0.15, -0.1) is 0 Å². The summed E-state index contributed by atoms with van der Waals surface area (Å²) in [5.74, 6) is -0.214. The number of rotatable bonds is 2. The average molecular weight is 369 g/mol. The number of aryl methyl sites for hydroxylation is 1. The topological polar surface area (TPSA) is 78.8 Å². The van der Waals surface area contributed by atoms with Gasteiger partial charge in [-0.25, -0.2) is 13.8 Å². The molecule has 4 rings (SSSR count). The third-order valence-electron chi connectivity index (χ3n) is 4.86. The van der Waals surface area contributed by atoms with Gasteiger partial charge in [0.25, 0.3) is 10.0 Å². The Balaban J connectivity index is 1.83. The normalized spacial score (nSPS) is 19.7. The molecule has 1 atom stereocenters. The zero-order valence-corrected chi connectivity index (χ0v) is 15.2. The van der Waals surface area contributed by atoms with Crippen LogP contribution in [0.25, 0.3) is 0 Å². The van der Waals surface area contributed by atoms with Crippen LogP contribution in [0.3, 0.4) is 0 Å². The van der Waals surface area contributed by atoms with Crippen LogP contribution in [0.1, 0.15) is 24.0 Å². The van der Waals surface area contributed by atoms with Crippen molar-refractivity contribution < 1.29 is 13.2 Å². The highest BCUT2D eigenvalue weighted by molar-refractivity contribution is 7.92. The van der Waals surface area contributed by atoms with E-state index in [-0.39, 0.29) is 16.7 Å². The third-order valence-corrected chi connectivity index (χ3v) is 6.69. The molecule has 26 heavy (non-hydrogen) atoms. The van der Waals surface area contributed by atoms with Crippen LogP contribution >= 0.6 is 0 Å². The largest absolute Gasteiger partial charge is 0.273 e. The van der Waals surface area contributed by atoms with Crippen LogP contribution in [0, 0.1) is 12.8 Å². The molecule has 0 radical (unpaired) electrons. The highest BCUT2D eigenvalue weighted by Gasteiger charge is 2.35. The number of hydrogen-bond acceptors (Lipinski definition) is 4. The van der Waals surface area contributed by atoms with Crippen LogP contribution in [0.4, 0.5) is 5.69 Å². The van der Waals surface area contributed by atoms with Crippen LogP contribution < -0.4 is 9.73 Å². The predicted octanol–water partition coefficient (Wildman–Crippen LogP) is 2.43. The van der Waals surface area contributed by atoms with E-state index in [0.717, 1.165) is 16.8 Å². The molecule has 1 unspecified atom stereocenters. The summed E-state index contributed by atoms with van der Waals surface area (Å²) in [7, 11) is -3.70. The van der Waals surface area contributed by atoms with Crippen molar-refractivity contribution in [2.45, 2.75) is 24.7 Å². The van der Waals surface area contributed by atoms with Gasteiger partial charge in [-0.2, -0.15) is 5.10 Å². The van der Waals surface area contributed by atoms with Crippen molar-refractivity contribution in [1.82, 2.24) is 5.43 Å². The van der Waals surface area contributed by atoms with Gasteiger partial charge in [0, 0.05) is 24.4 Å². The molecule has 6 nitrogen and oxygen atoms in total. The van der Waals surface area contributed by atoms with Crippen molar-refractivity contribution in [1.29, 1.82) is 0 Å². The molecule has 0 bridgehead atoms. The van der Waals surface area contributed by atoms with Gasteiger partial charge in [0.2, 0.25) is 5.91 Å². The van der Waals surface area contributed by atoms with Gasteiger partial charge in [0.05, 0.1) is 16.3 Å². The summed E-state index contributed by atoms with van der Waals surface area (Å²) < 4.78 is 28.0. The van der Waals surface area contributed by atoms with Gasteiger partial charge in [-0.1, -0.05) is 35.9 Å². The zero-order chi connectivity index (χ0) is 18.3. The molecule has 1 N–H and O–H groups in total. The maximum absolute atomic E-state index is 13.3. The number of nitrogens with one attached hydrogen (secondary N) is 1. The summed E-state index contributed by atoms with van der Waals surface area (Å²) >= 11 is 0. The third kappa shape index (κ3) is 2.78. The molecular formula is C19H19N3O3S. The number of fused-ring (bicyclic) bond motifs is 3. The van der Waals surface area contributed by atoms with Gasteiger partial charge < -0.3 is 0 Å². The fourth-order valence-electron chi connectivity index (χ4n) is 3.49. The monoisotopic (exact) mass is 369 g/mol. The van der Waals surface area contributed by atoms with E-state index in [1.54, 1.807) is 30.3 Å². The predicted molar refractivity (Wildman–Crippen MR) is 99.6 cm³/mol. The van der Waals surface area contributed by atoms with Crippen LogP contribution in [0.2, 0.25) is 0 Å². The van der Waals surface area contributed by atoms with Crippen molar-refractivity contribution >= 4 is 27.3 Å². The van der Waals surface area contributed by atoms with Crippen LogP contribution in [-0.4, -0.2) is 26.6 Å². The molecule has 2 heterocycles. The number of para-hydroxylation sites is 1. The lowest BCUT2D eigenvalue weighted by molar-refractivity contribution is -0.122. The first-order valence-corrected chi connectivity index (χ1v) is 9.96. The maximum Gasteiger partial charge on any atom is 0.264 e. The number of benzene rings is 2. The quantitative estimate of drug-likeness (QED) is 0.883. The molecule has 134 valence electrons. The van der Waals surface area contributed by atoms with Crippen LogP contribution in [-0.2, 0) is 14.8 Å². The Labute approximate surface area is 152 Å². The molecule has 0 fully saturated rings. The standard InChI is InChI=1S/C19H19N3O3S/c1-13-6-8-15(9-7-13)26(24,25)22-11-10-14-12-18(23)20-21-19(14)16-4-2-3-5-17(16)22/h2-9,14H,10-12H2,1H3,(H,20,23). The molecule has 0 aromatic heterocycles. The van der Waals surface area contributed by atoms with Crippen molar-refractivity contribution in [2.24, 2.45) is 11.0 Å². The van der Waals surface area contributed by atoms with Crippen molar-refractivity contribution in [3.8, 4) is 0 Å². The smallest absolute Gasteiger partial charge is 0.264 e. The lowest BCUT2D eigenvalue weighted by atomic mass is 9.90. The highest BCUT2D eigenvalue weighted by atomic mass is 32.2. The van der Waals surface area contributed by atoms with Crippen LogP contribution in [0.15, 0.2) is 58.5 Å². The molecule has 1 amide bonds. The van der Waals surface area contributed by atoms with E-state index in [1.807, 2.05) is 25.1 Å². The molecule has 0 spiro atoms. The van der Waals surface area contributed by atoms with Gasteiger partial charge in [-0.3, -0.25) is 9.10 Å². The molecule has 0 aliphatic carbocycles. The molecule has 7 heteroatoms. The van der Waals surface area contributed by atoms with E-state index in [0.29, 0.717) is 25.1 Å². The van der Waals surface area contributed by atoms with Crippen molar-refractivity contribution in [2.75, 3.05) is 10.8 Å². The fourth-order valence-corrected chi connectivity index (χ4v) is 4.99. The number of anilines is 1. The first-order valence-electron chi connectivity index (χ1n) is 8.52. The van der Waals surface area contributed by atoms with Gasteiger partial charge >= 0.3 is 0 Å². The Morgan fingerprint density at radius 2 is 1.85 bits per heavy atom. The second-order valence-electron chi connectivity index (χ2n) is 6.63. The van der Waals surface area contributed by atoms with E-state index in [4.69, 9.17) is 0 Å². The molecule has 2 aromatic carbocycles. The average Bonchev–Trinajstić information content (AvgIpc) is 2.79. The number of amides is 1. The van der Waals surface area contributed by atoms with Crippen molar-refractivity contribution in [3.63, 3.8) is 0 Å². The first-order chi connectivity index (χ1) is 12.5. The SMILES string of the molecule is Cc1ccc(S(=O)(=O)N2CCC3CC(=O)NN=C3c3ccccc32)cc1. The summed E-state index contributed by atoms with van der Waals surface area (Å²) in [5.41, 5.74) is 5.64. The highest BCUT2D eigenvalue weighted by Crippen LogP contribution is 2.35.